The van der Waals surface area contributed by atoms with Gasteiger partial charge in [-0.3, -0.25) is 9.59 Å². The van der Waals surface area contributed by atoms with Crippen LogP contribution in [0, 0.1) is 11.7 Å². The first-order chi connectivity index (χ1) is 12.0. The molecule has 0 aliphatic heterocycles. The molecule has 2 N–H and O–H groups in total. The van der Waals surface area contributed by atoms with Gasteiger partial charge < -0.3 is 15.4 Å². The van der Waals surface area contributed by atoms with Crippen molar-refractivity contribution < 1.29 is 18.7 Å². The SMILES string of the molecule is CNC(=O)c1cc(OC)ccc1NC(=O)[C@H]1C[C@H]1c1cccc(F)c1. The van der Waals surface area contributed by atoms with Crippen molar-refractivity contribution >= 4 is 17.5 Å². The van der Waals surface area contributed by atoms with Crippen LogP contribution in [0.15, 0.2) is 42.5 Å². The minimum absolute atomic E-state index is 0.0115. The summed E-state index contributed by atoms with van der Waals surface area (Å²) < 4.78 is 18.5. The highest BCUT2D eigenvalue weighted by atomic mass is 19.1. The van der Waals surface area contributed by atoms with Gasteiger partial charge in [-0.05, 0) is 48.2 Å². The third-order valence-electron chi connectivity index (χ3n) is 4.36. The molecule has 1 fully saturated rings. The Morgan fingerprint density at radius 2 is 2.00 bits per heavy atom. The summed E-state index contributed by atoms with van der Waals surface area (Å²) >= 11 is 0. The number of anilines is 1. The topological polar surface area (TPSA) is 67.4 Å². The van der Waals surface area contributed by atoms with Gasteiger partial charge in [-0.15, -0.1) is 0 Å². The Labute approximate surface area is 145 Å². The summed E-state index contributed by atoms with van der Waals surface area (Å²) in [5, 5.41) is 5.35. The molecule has 0 aromatic heterocycles. The highest BCUT2D eigenvalue weighted by Gasteiger charge is 2.44. The zero-order chi connectivity index (χ0) is 18.0. The third-order valence-corrected chi connectivity index (χ3v) is 4.36. The molecule has 2 aromatic rings. The summed E-state index contributed by atoms with van der Waals surface area (Å²) in [6, 6.07) is 11.2. The monoisotopic (exact) mass is 342 g/mol. The number of rotatable bonds is 5. The fraction of sp³-hybridized carbons (Fsp3) is 0.263. The number of amides is 2. The fourth-order valence-electron chi connectivity index (χ4n) is 2.90. The lowest BCUT2D eigenvalue weighted by Gasteiger charge is -2.12. The van der Waals surface area contributed by atoms with Gasteiger partial charge in [0.2, 0.25) is 5.91 Å². The van der Waals surface area contributed by atoms with Crippen molar-refractivity contribution in [1.82, 2.24) is 5.32 Å². The van der Waals surface area contributed by atoms with Crippen molar-refractivity contribution in [2.24, 2.45) is 5.92 Å². The van der Waals surface area contributed by atoms with E-state index >= 15 is 0 Å². The number of nitrogens with one attached hydrogen (secondary N) is 2. The first kappa shape index (κ1) is 17.0. The molecule has 130 valence electrons. The van der Waals surface area contributed by atoms with Crippen molar-refractivity contribution in [2.75, 3.05) is 19.5 Å². The smallest absolute Gasteiger partial charge is 0.253 e. The lowest BCUT2D eigenvalue weighted by molar-refractivity contribution is -0.117. The molecule has 25 heavy (non-hydrogen) atoms. The number of ether oxygens (including phenoxy) is 1. The molecular weight excluding hydrogens is 323 g/mol. The molecule has 0 saturated heterocycles. The minimum Gasteiger partial charge on any atom is -0.497 e. The number of hydrogen-bond acceptors (Lipinski definition) is 3. The van der Waals surface area contributed by atoms with Gasteiger partial charge in [0.1, 0.15) is 11.6 Å². The van der Waals surface area contributed by atoms with Crippen LogP contribution in [0.2, 0.25) is 0 Å². The van der Waals surface area contributed by atoms with Crippen LogP contribution >= 0.6 is 0 Å². The van der Waals surface area contributed by atoms with E-state index in [2.05, 4.69) is 10.6 Å². The number of halogens is 1. The molecule has 1 saturated carbocycles. The fourth-order valence-corrected chi connectivity index (χ4v) is 2.90. The van der Waals surface area contributed by atoms with Crippen LogP contribution in [0.5, 0.6) is 5.75 Å². The van der Waals surface area contributed by atoms with E-state index < -0.39 is 0 Å². The van der Waals surface area contributed by atoms with Crippen molar-refractivity contribution in [1.29, 1.82) is 0 Å². The summed E-state index contributed by atoms with van der Waals surface area (Å²) in [5.74, 6) is -0.476. The zero-order valence-electron chi connectivity index (χ0n) is 14.0. The predicted octanol–water partition coefficient (Wildman–Crippen LogP) is 2.94. The summed E-state index contributed by atoms with van der Waals surface area (Å²) in [7, 11) is 3.03. The largest absolute Gasteiger partial charge is 0.497 e. The van der Waals surface area contributed by atoms with Crippen molar-refractivity contribution in [3.8, 4) is 5.75 Å². The molecule has 0 spiro atoms. The summed E-state index contributed by atoms with van der Waals surface area (Å²) in [6.07, 6.45) is 0.667. The highest BCUT2D eigenvalue weighted by Crippen LogP contribution is 2.48. The minimum atomic E-state index is -0.313. The Hall–Kier alpha value is -2.89. The van der Waals surface area contributed by atoms with Gasteiger partial charge >= 0.3 is 0 Å². The van der Waals surface area contributed by atoms with E-state index in [1.807, 2.05) is 6.07 Å². The molecular formula is C19H19FN2O3. The maximum atomic E-state index is 13.3. The van der Waals surface area contributed by atoms with Crippen LogP contribution in [0.1, 0.15) is 28.3 Å². The first-order valence-corrected chi connectivity index (χ1v) is 8.00. The molecule has 0 unspecified atom stereocenters. The second-order valence-electron chi connectivity index (χ2n) is 5.98. The average Bonchev–Trinajstić information content (AvgIpc) is 3.42. The standard InChI is InChI=1S/C19H19FN2O3/c1-21-18(23)16-9-13(25-2)6-7-17(16)22-19(24)15-10-14(15)11-4-3-5-12(20)8-11/h3-9,14-15H,10H2,1-2H3,(H,21,23)(H,22,24)/t14-,15-/m0/s1. The van der Waals surface area contributed by atoms with E-state index in [9.17, 15) is 14.0 Å². The van der Waals surface area contributed by atoms with Crippen molar-refractivity contribution in [3.05, 3.63) is 59.4 Å². The van der Waals surface area contributed by atoms with Gasteiger partial charge in [-0.2, -0.15) is 0 Å². The number of hydrogen-bond donors (Lipinski definition) is 2. The normalized spacial score (nSPS) is 18.4. The van der Waals surface area contributed by atoms with Crippen LogP contribution in [0.3, 0.4) is 0 Å². The molecule has 3 rings (SSSR count). The maximum Gasteiger partial charge on any atom is 0.253 e. The second-order valence-corrected chi connectivity index (χ2v) is 5.98. The van der Waals surface area contributed by atoms with E-state index in [4.69, 9.17) is 4.74 Å². The Bertz CT molecular complexity index is 822. The lowest BCUT2D eigenvalue weighted by Crippen LogP contribution is -2.22. The Morgan fingerprint density at radius 3 is 2.68 bits per heavy atom. The Kier molecular flexibility index (Phi) is 4.70. The van der Waals surface area contributed by atoms with E-state index in [0.717, 1.165) is 5.56 Å². The highest BCUT2D eigenvalue weighted by molar-refractivity contribution is 6.05. The van der Waals surface area contributed by atoms with Gasteiger partial charge in [0.15, 0.2) is 0 Å². The van der Waals surface area contributed by atoms with Gasteiger partial charge in [-0.1, -0.05) is 12.1 Å². The number of carbonyl (C=O) groups excluding carboxylic acids is 2. The van der Waals surface area contributed by atoms with Gasteiger partial charge in [0.05, 0.1) is 18.4 Å². The predicted molar refractivity (Wildman–Crippen MR) is 92.3 cm³/mol. The molecule has 1 aliphatic rings. The summed E-state index contributed by atoms with van der Waals surface area (Å²) in [6.45, 7) is 0. The Morgan fingerprint density at radius 1 is 1.20 bits per heavy atom. The average molecular weight is 342 g/mol. The molecule has 1 aliphatic carbocycles. The van der Waals surface area contributed by atoms with Crippen LogP contribution in [0.25, 0.3) is 0 Å². The van der Waals surface area contributed by atoms with Gasteiger partial charge in [0, 0.05) is 13.0 Å². The van der Waals surface area contributed by atoms with Crippen LogP contribution in [0.4, 0.5) is 10.1 Å². The molecule has 2 atom stereocenters. The van der Waals surface area contributed by atoms with Crippen LogP contribution in [-0.2, 0) is 4.79 Å². The number of carbonyl (C=O) groups is 2. The van der Waals surface area contributed by atoms with Crippen molar-refractivity contribution in [2.45, 2.75) is 12.3 Å². The summed E-state index contributed by atoms with van der Waals surface area (Å²) in [4.78, 5) is 24.5. The van der Waals surface area contributed by atoms with Gasteiger partial charge in [-0.25, -0.2) is 4.39 Å². The first-order valence-electron chi connectivity index (χ1n) is 8.00. The third kappa shape index (κ3) is 3.63. The lowest BCUT2D eigenvalue weighted by atomic mass is 10.1. The van der Waals surface area contributed by atoms with Gasteiger partial charge in [0.25, 0.3) is 5.91 Å². The second kappa shape index (κ2) is 6.93. The maximum absolute atomic E-state index is 13.3. The van der Waals surface area contributed by atoms with E-state index in [-0.39, 0.29) is 29.5 Å². The van der Waals surface area contributed by atoms with E-state index in [1.54, 1.807) is 24.3 Å². The molecule has 2 amide bonds. The number of benzene rings is 2. The number of methoxy groups -OCH3 is 1. The van der Waals surface area contributed by atoms with Crippen LogP contribution < -0.4 is 15.4 Å². The van der Waals surface area contributed by atoms with E-state index in [0.29, 0.717) is 23.4 Å². The molecule has 0 radical (unpaired) electrons. The molecule has 6 heteroatoms. The zero-order valence-corrected chi connectivity index (χ0v) is 14.0. The molecule has 2 aromatic carbocycles. The molecule has 0 heterocycles. The van der Waals surface area contributed by atoms with Crippen LogP contribution in [-0.4, -0.2) is 26.0 Å². The Balaban J connectivity index is 1.75. The van der Waals surface area contributed by atoms with Crippen molar-refractivity contribution in [3.63, 3.8) is 0 Å². The quantitative estimate of drug-likeness (QED) is 0.878. The summed E-state index contributed by atoms with van der Waals surface area (Å²) in [5.41, 5.74) is 1.58. The molecule has 0 bridgehead atoms. The van der Waals surface area contributed by atoms with E-state index in [1.165, 1.54) is 26.3 Å². The molecule has 5 nitrogen and oxygen atoms in total.